The Morgan fingerprint density at radius 3 is 2.36 bits per heavy atom. The zero-order valence-electron chi connectivity index (χ0n) is 9.76. The molecule has 2 saturated carbocycles. The molecule has 0 aromatic rings. The van der Waals surface area contributed by atoms with Gasteiger partial charge >= 0.3 is 0 Å². The lowest BCUT2D eigenvalue weighted by Crippen LogP contribution is -2.27. The molecular formula is C13H25N. The van der Waals surface area contributed by atoms with Crippen LogP contribution in [0.2, 0.25) is 0 Å². The smallest absolute Gasteiger partial charge is 0.00672 e. The van der Waals surface area contributed by atoms with Gasteiger partial charge in [-0.2, -0.15) is 0 Å². The van der Waals surface area contributed by atoms with Crippen molar-refractivity contribution in [3.63, 3.8) is 0 Å². The van der Waals surface area contributed by atoms with Gasteiger partial charge in [-0.05, 0) is 49.4 Å². The van der Waals surface area contributed by atoms with Crippen molar-refractivity contribution in [2.75, 3.05) is 0 Å². The van der Waals surface area contributed by atoms with Crippen molar-refractivity contribution < 1.29 is 0 Å². The van der Waals surface area contributed by atoms with E-state index in [0.717, 1.165) is 11.8 Å². The lowest BCUT2D eigenvalue weighted by molar-refractivity contribution is 0.216. The van der Waals surface area contributed by atoms with Crippen molar-refractivity contribution in [3.05, 3.63) is 0 Å². The van der Waals surface area contributed by atoms with E-state index in [1.54, 1.807) is 0 Å². The molecule has 2 aliphatic carbocycles. The highest BCUT2D eigenvalue weighted by Crippen LogP contribution is 2.47. The van der Waals surface area contributed by atoms with Gasteiger partial charge in [-0.1, -0.05) is 26.7 Å². The molecule has 2 aliphatic rings. The van der Waals surface area contributed by atoms with Crippen molar-refractivity contribution in [3.8, 4) is 0 Å². The van der Waals surface area contributed by atoms with E-state index >= 15 is 0 Å². The van der Waals surface area contributed by atoms with E-state index in [1.165, 1.54) is 44.9 Å². The molecule has 2 fully saturated rings. The molecule has 3 atom stereocenters. The Kier molecular flexibility index (Phi) is 2.88. The SMILES string of the molecule is CC1C(N)CCC1CC1(C)CCCC1. The van der Waals surface area contributed by atoms with Crippen molar-refractivity contribution in [1.29, 1.82) is 0 Å². The first-order chi connectivity index (χ1) is 6.61. The Morgan fingerprint density at radius 1 is 1.21 bits per heavy atom. The zero-order chi connectivity index (χ0) is 10.2. The van der Waals surface area contributed by atoms with Crippen LogP contribution < -0.4 is 5.73 Å². The summed E-state index contributed by atoms with van der Waals surface area (Å²) < 4.78 is 0. The molecule has 1 nitrogen and oxygen atoms in total. The monoisotopic (exact) mass is 195 g/mol. The van der Waals surface area contributed by atoms with Gasteiger partial charge in [-0.25, -0.2) is 0 Å². The minimum atomic E-state index is 0.491. The first-order valence-corrected chi connectivity index (χ1v) is 6.36. The summed E-state index contributed by atoms with van der Waals surface area (Å²) in [7, 11) is 0. The predicted octanol–water partition coefficient (Wildman–Crippen LogP) is 3.33. The van der Waals surface area contributed by atoms with Crippen molar-refractivity contribution in [2.24, 2.45) is 23.0 Å². The second-order valence-corrected chi connectivity index (χ2v) is 6.08. The normalized spacial score (nSPS) is 41.8. The van der Waals surface area contributed by atoms with Crippen LogP contribution in [0.1, 0.15) is 58.8 Å². The van der Waals surface area contributed by atoms with Crippen LogP contribution in [-0.4, -0.2) is 6.04 Å². The molecule has 0 aromatic heterocycles. The molecule has 0 heterocycles. The molecule has 3 unspecified atom stereocenters. The molecule has 14 heavy (non-hydrogen) atoms. The summed E-state index contributed by atoms with van der Waals surface area (Å²) in [6.45, 7) is 4.86. The molecular weight excluding hydrogens is 170 g/mol. The summed E-state index contributed by atoms with van der Waals surface area (Å²) in [4.78, 5) is 0. The van der Waals surface area contributed by atoms with Gasteiger partial charge in [0.2, 0.25) is 0 Å². The third-order valence-corrected chi connectivity index (χ3v) is 4.86. The van der Waals surface area contributed by atoms with Gasteiger partial charge in [0.15, 0.2) is 0 Å². The maximum absolute atomic E-state index is 6.09. The first kappa shape index (κ1) is 10.5. The zero-order valence-corrected chi connectivity index (χ0v) is 9.76. The third kappa shape index (κ3) is 1.98. The minimum absolute atomic E-state index is 0.491. The van der Waals surface area contributed by atoms with Crippen LogP contribution in [0.15, 0.2) is 0 Å². The molecule has 0 radical (unpaired) electrons. The van der Waals surface area contributed by atoms with Gasteiger partial charge in [0.1, 0.15) is 0 Å². The van der Waals surface area contributed by atoms with Crippen LogP contribution in [0.5, 0.6) is 0 Å². The van der Waals surface area contributed by atoms with Crippen molar-refractivity contribution in [2.45, 2.75) is 64.8 Å². The van der Waals surface area contributed by atoms with E-state index in [0.29, 0.717) is 11.5 Å². The van der Waals surface area contributed by atoms with E-state index in [1.807, 2.05) is 0 Å². The Balaban J connectivity index is 1.91. The second kappa shape index (κ2) is 3.84. The molecule has 0 amide bonds. The summed E-state index contributed by atoms with van der Waals surface area (Å²) in [5.41, 5.74) is 6.76. The van der Waals surface area contributed by atoms with Gasteiger partial charge in [0, 0.05) is 6.04 Å². The highest BCUT2D eigenvalue weighted by molar-refractivity contribution is 4.90. The van der Waals surface area contributed by atoms with Crippen LogP contribution in [0.25, 0.3) is 0 Å². The second-order valence-electron chi connectivity index (χ2n) is 6.08. The molecule has 0 spiro atoms. The lowest BCUT2D eigenvalue weighted by atomic mass is 9.76. The van der Waals surface area contributed by atoms with E-state index < -0.39 is 0 Å². The van der Waals surface area contributed by atoms with Gasteiger partial charge in [-0.3, -0.25) is 0 Å². The highest BCUT2D eigenvalue weighted by Gasteiger charge is 2.37. The number of rotatable bonds is 2. The van der Waals surface area contributed by atoms with Crippen LogP contribution in [-0.2, 0) is 0 Å². The van der Waals surface area contributed by atoms with Crippen LogP contribution in [0.3, 0.4) is 0 Å². The molecule has 0 aromatic carbocycles. The fourth-order valence-corrected chi connectivity index (χ4v) is 3.64. The molecule has 0 saturated heterocycles. The molecule has 82 valence electrons. The lowest BCUT2D eigenvalue weighted by Gasteiger charge is -2.29. The standard InChI is InChI=1S/C13H25N/c1-10-11(5-6-12(10)14)9-13(2)7-3-4-8-13/h10-12H,3-9,14H2,1-2H3. The fraction of sp³-hybridized carbons (Fsp3) is 1.00. The minimum Gasteiger partial charge on any atom is -0.327 e. The van der Waals surface area contributed by atoms with Gasteiger partial charge in [0.25, 0.3) is 0 Å². The van der Waals surface area contributed by atoms with Gasteiger partial charge < -0.3 is 5.73 Å². The van der Waals surface area contributed by atoms with Gasteiger partial charge in [-0.15, -0.1) is 0 Å². The Labute approximate surface area is 88.4 Å². The molecule has 1 heteroatoms. The summed E-state index contributed by atoms with van der Waals surface area (Å²) in [5.74, 6) is 1.69. The molecule has 0 bridgehead atoms. The van der Waals surface area contributed by atoms with Crippen LogP contribution >= 0.6 is 0 Å². The summed E-state index contributed by atoms with van der Waals surface area (Å²) >= 11 is 0. The Hall–Kier alpha value is -0.0400. The molecule has 2 N–H and O–H groups in total. The fourth-order valence-electron chi connectivity index (χ4n) is 3.64. The highest BCUT2D eigenvalue weighted by atomic mass is 14.7. The molecule has 2 rings (SSSR count). The predicted molar refractivity (Wildman–Crippen MR) is 61.1 cm³/mol. The van der Waals surface area contributed by atoms with E-state index in [4.69, 9.17) is 5.73 Å². The van der Waals surface area contributed by atoms with E-state index in [9.17, 15) is 0 Å². The van der Waals surface area contributed by atoms with Gasteiger partial charge in [0.05, 0.1) is 0 Å². The largest absolute Gasteiger partial charge is 0.327 e. The maximum Gasteiger partial charge on any atom is 0.00672 e. The topological polar surface area (TPSA) is 26.0 Å². The number of hydrogen-bond acceptors (Lipinski definition) is 1. The quantitative estimate of drug-likeness (QED) is 0.718. The van der Waals surface area contributed by atoms with Crippen LogP contribution in [0, 0.1) is 17.3 Å². The summed E-state index contributed by atoms with van der Waals surface area (Å²) in [6.07, 6.45) is 9.95. The van der Waals surface area contributed by atoms with E-state index in [2.05, 4.69) is 13.8 Å². The number of nitrogens with two attached hydrogens (primary N) is 1. The third-order valence-electron chi connectivity index (χ3n) is 4.86. The van der Waals surface area contributed by atoms with Crippen molar-refractivity contribution in [1.82, 2.24) is 0 Å². The van der Waals surface area contributed by atoms with E-state index in [-0.39, 0.29) is 0 Å². The Morgan fingerprint density at radius 2 is 1.86 bits per heavy atom. The maximum atomic E-state index is 6.09. The Bertz CT molecular complexity index is 193. The first-order valence-electron chi connectivity index (χ1n) is 6.36. The summed E-state index contributed by atoms with van der Waals surface area (Å²) in [6, 6.07) is 0.491. The number of hydrogen-bond donors (Lipinski definition) is 1. The average molecular weight is 195 g/mol. The van der Waals surface area contributed by atoms with Crippen molar-refractivity contribution >= 4 is 0 Å². The molecule has 0 aliphatic heterocycles. The average Bonchev–Trinajstić information content (AvgIpc) is 2.68. The van der Waals surface area contributed by atoms with Crippen LogP contribution in [0.4, 0.5) is 0 Å². The summed E-state index contributed by atoms with van der Waals surface area (Å²) in [5, 5.41) is 0.